The molecule has 0 spiro atoms. The van der Waals surface area contributed by atoms with Crippen LogP contribution in [0.2, 0.25) is 0 Å². The molecule has 170 valence electrons. The van der Waals surface area contributed by atoms with Crippen LogP contribution in [-0.2, 0) is 26.1 Å². The number of anilines is 1. The number of benzene rings is 2. The number of nitrogens with zero attached hydrogens (tertiary/aromatic N) is 4. The van der Waals surface area contributed by atoms with Crippen LogP contribution in [0.4, 0.5) is 5.69 Å². The number of morpholine rings is 1. The molecule has 0 aromatic heterocycles. The fraction of sp³-hybridized carbons (Fsp3) is 0.435. The summed E-state index contributed by atoms with van der Waals surface area (Å²) < 4.78 is 34.3. The number of piperazine rings is 1. The molecule has 0 saturated carbocycles. The number of hydrogen-bond acceptors (Lipinski definition) is 6. The molecule has 32 heavy (non-hydrogen) atoms. The zero-order valence-corrected chi connectivity index (χ0v) is 18.8. The van der Waals surface area contributed by atoms with Gasteiger partial charge in [0.15, 0.2) is 0 Å². The summed E-state index contributed by atoms with van der Waals surface area (Å²) in [6.45, 7) is 4.69. The maximum absolute atomic E-state index is 13.6. The third kappa shape index (κ3) is 3.59. The molecule has 1 atom stereocenters. The highest BCUT2D eigenvalue weighted by Gasteiger charge is 2.51. The SMILES string of the molecule is O=CN1Cc2ccccc2N2CCN(S(=O)(=O)c3ccccc3)CC2(N2CCOCC2)C1. The van der Waals surface area contributed by atoms with Crippen LogP contribution in [-0.4, -0.2) is 87.1 Å². The minimum Gasteiger partial charge on any atom is -0.379 e. The molecule has 8 nitrogen and oxygen atoms in total. The Bertz CT molecular complexity index is 1070. The van der Waals surface area contributed by atoms with Crippen molar-refractivity contribution in [2.75, 3.05) is 57.4 Å². The first-order valence-electron chi connectivity index (χ1n) is 11.0. The van der Waals surface area contributed by atoms with Crippen LogP contribution in [0.25, 0.3) is 0 Å². The van der Waals surface area contributed by atoms with Crippen molar-refractivity contribution in [2.45, 2.75) is 17.1 Å². The molecule has 3 aliphatic rings. The van der Waals surface area contributed by atoms with Crippen molar-refractivity contribution in [3.05, 3.63) is 60.2 Å². The molecule has 9 heteroatoms. The van der Waals surface area contributed by atoms with Gasteiger partial charge in [-0.2, -0.15) is 4.31 Å². The Morgan fingerprint density at radius 2 is 1.59 bits per heavy atom. The molecule has 0 radical (unpaired) electrons. The molecule has 2 fully saturated rings. The molecule has 2 aromatic rings. The zero-order valence-electron chi connectivity index (χ0n) is 18.0. The molecule has 2 saturated heterocycles. The van der Waals surface area contributed by atoms with Crippen LogP contribution < -0.4 is 4.90 Å². The van der Waals surface area contributed by atoms with Crippen LogP contribution >= 0.6 is 0 Å². The summed E-state index contributed by atoms with van der Waals surface area (Å²) in [5.41, 5.74) is 1.48. The first-order chi connectivity index (χ1) is 15.5. The highest BCUT2D eigenvalue weighted by Crippen LogP contribution is 2.39. The summed E-state index contributed by atoms with van der Waals surface area (Å²) in [5.74, 6) is 0. The Hall–Kier alpha value is -2.46. The number of carbonyl (C=O) groups excluding carboxylic acids is 1. The van der Waals surface area contributed by atoms with E-state index < -0.39 is 15.7 Å². The lowest BCUT2D eigenvalue weighted by Crippen LogP contribution is -2.75. The minimum absolute atomic E-state index is 0.281. The maximum atomic E-state index is 13.6. The van der Waals surface area contributed by atoms with E-state index in [1.165, 1.54) is 0 Å². The first-order valence-corrected chi connectivity index (χ1v) is 12.4. The van der Waals surface area contributed by atoms with Gasteiger partial charge in [0, 0.05) is 38.4 Å². The average Bonchev–Trinajstić information content (AvgIpc) is 2.99. The zero-order chi connectivity index (χ0) is 22.2. The van der Waals surface area contributed by atoms with Gasteiger partial charge in [0.05, 0.1) is 31.2 Å². The van der Waals surface area contributed by atoms with Crippen molar-refractivity contribution in [2.24, 2.45) is 0 Å². The van der Waals surface area contributed by atoms with Gasteiger partial charge < -0.3 is 14.5 Å². The van der Waals surface area contributed by atoms with E-state index in [1.54, 1.807) is 33.5 Å². The third-order valence-corrected chi connectivity index (χ3v) is 8.61. The number of para-hydroxylation sites is 1. The number of fused-ring (bicyclic) bond motifs is 3. The Kier molecular flexibility index (Phi) is 5.66. The molecule has 2 aromatic carbocycles. The monoisotopic (exact) mass is 456 g/mol. The summed E-state index contributed by atoms with van der Waals surface area (Å²) in [7, 11) is -3.66. The van der Waals surface area contributed by atoms with E-state index in [9.17, 15) is 13.2 Å². The van der Waals surface area contributed by atoms with E-state index in [2.05, 4.69) is 15.9 Å². The van der Waals surface area contributed by atoms with Crippen molar-refractivity contribution < 1.29 is 17.9 Å². The first kappa shape index (κ1) is 21.4. The summed E-state index contributed by atoms with van der Waals surface area (Å²) in [6, 6.07) is 16.7. The second-order valence-corrected chi connectivity index (χ2v) is 10.5. The number of carbonyl (C=O) groups is 1. The predicted molar refractivity (Wildman–Crippen MR) is 121 cm³/mol. The van der Waals surface area contributed by atoms with Gasteiger partial charge in [-0.15, -0.1) is 0 Å². The molecule has 3 heterocycles. The summed E-state index contributed by atoms with van der Waals surface area (Å²) >= 11 is 0. The fourth-order valence-electron chi connectivity index (χ4n) is 5.23. The van der Waals surface area contributed by atoms with Crippen LogP contribution in [0.1, 0.15) is 5.56 Å². The van der Waals surface area contributed by atoms with Crippen molar-refractivity contribution in [3.8, 4) is 0 Å². The largest absolute Gasteiger partial charge is 0.379 e. The molecular weight excluding hydrogens is 428 g/mol. The minimum atomic E-state index is -3.66. The maximum Gasteiger partial charge on any atom is 0.243 e. The van der Waals surface area contributed by atoms with Crippen molar-refractivity contribution in [1.82, 2.24) is 14.1 Å². The summed E-state index contributed by atoms with van der Waals surface area (Å²) in [6.07, 6.45) is 0.882. The van der Waals surface area contributed by atoms with E-state index in [-0.39, 0.29) is 6.54 Å². The van der Waals surface area contributed by atoms with Crippen molar-refractivity contribution in [3.63, 3.8) is 0 Å². The van der Waals surface area contributed by atoms with Crippen LogP contribution in [0.3, 0.4) is 0 Å². The Labute approximate surface area is 189 Å². The van der Waals surface area contributed by atoms with Crippen molar-refractivity contribution >= 4 is 22.1 Å². The molecule has 3 aliphatic heterocycles. The van der Waals surface area contributed by atoms with Gasteiger partial charge in [-0.05, 0) is 23.8 Å². The molecule has 1 unspecified atom stereocenters. The summed E-state index contributed by atoms with van der Waals surface area (Å²) in [4.78, 5) is 18.8. The quantitative estimate of drug-likeness (QED) is 0.644. The lowest BCUT2D eigenvalue weighted by atomic mass is 10.00. The van der Waals surface area contributed by atoms with Gasteiger partial charge in [0.25, 0.3) is 0 Å². The van der Waals surface area contributed by atoms with Crippen LogP contribution in [0, 0.1) is 0 Å². The number of rotatable bonds is 4. The Morgan fingerprint density at radius 3 is 2.34 bits per heavy atom. The van der Waals surface area contributed by atoms with Gasteiger partial charge >= 0.3 is 0 Å². The molecule has 0 N–H and O–H groups in total. The lowest BCUT2D eigenvalue weighted by Gasteiger charge is -2.57. The summed E-state index contributed by atoms with van der Waals surface area (Å²) in [5, 5.41) is 0. The smallest absolute Gasteiger partial charge is 0.243 e. The van der Waals surface area contributed by atoms with E-state index >= 15 is 0 Å². The second kappa shape index (κ2) is 8.47. The fourth-order valence-corrected chi connectivity index (χ4v) is 6.72. The highest BCUT2D eigenvalue weighted by molar-refractivity contribution is 7.89. The van der Waals surface area contributed by atoms with Gasteiger partial charge in [0.2, 0.25) is 16.4 Å². The Morgan fingerprint density at radius 1 is 0.875 bits per heavy atom. The Balaban J connectivity index is 1.61. The average molecular weight is 457 g/mol. The molecule has 5 rings (SSSR count). The van der Waals surface area contributed by atoms with E-state index in [4.69, 9.17) is 4.74 Å². The van der Waals surface area contributed by atoms with Gasteiger partial charge in [-0.3, -0.25) is 9.69 Å². The van der Waals surface area contributed by atoms with Gasteiger partial charge in [-0.25, -0.2) is 8.42 Å². The van der Waals surface area contributed by atoms with Crippen LogP contribution in [0.5, 0.6) is 0 Å². The topological polar surface area (TPSA) is 73.4 Å². The van der Waals surface area contributed by atoms with Gasteiger partial charge in [-0.1, -0.05) is 36.4 Å². The number of amides is 1. The van der Waals surface area contributed by atoms with E-state index in [0.29, 0.717) is 57.4 Å². The second-order valence-electron chi connectivity index (χ2n) is 8.52. The lowest BCUT2D eigenvalue weighted by molar-refractivity contribution is -0.122. The molecule has 0 bridgehead atoms. The standard InChI is InChI=1S/C23H28N4O4S/c28-19-24-16-20-6-4-5-9-22(20)27-11-10-26(32(29,30)21-7-2-1-3-8-21)18-23(27,17-24)25-12-14-31-15-13-25/h1-9,19H,10-18H2. The van der Waals surface area contributed by atoms with E-state index in [1.807, 2.05) is 24.3 Å². The molecule has 1 amide bonds. The highest BCUT2D eigenvalue weighted by atomic mass is 32.2. The van der Waals surface area contributed by atoms with Gasteiger partial charge in [0.1, 0.15) is 5.66 Å². The number of ether oxygens (including phenoxy) is 1. The van der Waals surface area contributed by atoms with Crippen LogP contribution in [0.15, 0.2) is 59.5 Å². The number of hydrogen-bond donors (Lipinski definition) is 0. The predicted octanol–water partition coefficient (Wildman–Crippen LogP) is 1.20. The normalized spacial score (nSPS) is 25.0. The molecular formula is C23H28N4O4S. The van der Waals surface area contributed by atoms with E-state index in [0.717, 1.165) is 17.7 Å². The molecule has 0 aliphatic carbocycles. The third-order valence-electron chi connectivity index (χ3n) is 6.75. The van der Waals surface area contributed by atoms with Crippen molar-refractivity contribution in [1.29, 1.82) is 0 Å². The number of sulfonamides is 1.